The van der Waals surface area contributed by atoms with Gasteiger partial charge in [-0.3, -0.25) is 0 Å². The average molecular weight is 391 g/mol. The van der Waals surface area contributed by atoms with Gasteiger partial charge in [-0.1, -0.05) is 0 Å². The molecule has 0 aromatic carbocycles. The molecule has 0 atom stereocenters. The molecule has 0 N–H and O–H groups in total. The molecule has 0 spiro atoms. The van der Waals surface area contributed by atoms with E-state index < -0.39 is 18.8 Å². The van der Waals surface area contributed by atoms with E-state index in [1.165, 1.54) is 57.4 Å². The Hall–Kier alpha value is 0.299. The van der Waals surface area contributed by atoms with Crippen LogP contribution >= 0.6 is 0 Å². The fraction of sp³-hybridized carbons (Fsp3) is 0.882. The zero-order valence-electron chi connectivity index (χ0n) is 14.5. The number of unbranched alkanes of at least 4 members (excludes halogenated alkanes) is 3. The quantitative estimate of drug-likeness (QED) is 0.288. The molecule has 0 aromatic rings. The molecule has 0 heterocycles. The van der Waals surface area contributed by atoms with Gasteiger partial charge < -0.3 is 0 Å². The van der Waals surface area contributed by atoms with E-state index in [1.807, 2.05) is 6.26 Å². The molecule has 0 aliphatic carbocycles. The summed E-state index contributed by atoms with van der Waals surface area (Å²) in [4.78, 5) is 0. The summed E-state index contributed by atoms with van der Waals surface area (Å²) in [5.74, 6) is 0. The Labute approximate surface area is 131 Å². The molecule has 0 bridgehead atoms. The fourth-order valence-corrected chi connectivity index (χ4v) is 15.5. The van der Waals surface area contributed by atoms with Gasteiger partial charge in [-0.25, -0.2) is 0 Å². The molecule has 0 rings (SSSR count). The number of rotatable bonds is 13. The fourth-order valence-electron chi connectivity index (χ4n) is 2.54. The van der Waals surface area contributed by atoms with E-state index >= 15 is 0 Å². The molecule has 20 heavy (non-hydrogen) atoms. The third kappa shape index (κ3) is 9.27. The Kier molecular flexibility index (Phi) is 13.2. The maximum atomic E-state index is 6.52. The van der Waals surface area contributed by atoms with Crippen LogP contribution in [0.4, 0.5) is 0 Å². The van der Waals surface area contributed by atoms with Gasteiger partial charge in [0, 0.05) is 0 Å². The molecule has 0 radical (unpaired) electrons. The Morgan fingerprint density at radius 2 is 1.35 bits per heavy atom. The molecule has 0 saturated heterocycles. The van der Waals surface area contributed by atoms with E-state index in [0.29, 0.717) is 6.61 Å². The summed E-state index contributed by atoms with van der Waals surface area (Å²) < 4.78 is 15.9. The summed E-state index contributed by atoms with van der Waals surface area (Å²) in [6, 6.07) is 0. The van der Waals surface area contributed by atoms with Gasteiger partial charge in [-0.05, 0) is 0 Å². The second kappa shape index (κ2) is 13.0. The van der Waals surface area contributed by atoms with E-state index in [1.54, 1.807) is 7.11 Å². The van der Waals surface area contributed by atoms with Gasteiger partial charge in [0.15, 0.2) is 0 Å². The van der Waals surface area contributed by atoms with Crippen LogP contribution in [0.2, 0.25) is 13.3 Å². The predicted octanol–water partition coefficient (Wildman–Crippen LogP) is 5.90. The SMILES string of the molecule is CCC[CH2][Sn]([CH2]CCC)([CH2]CCC)[O]C=C(C)COC. The first kappa shape index (κ1) is 20.3. The Morgan fingerprint density at radius 1 is 0.900 bits per heavy atom. The minimum atomic E-state index is -2.42. The van der Waals surface area contributed by atoms with Gasteiger partial charge in [-0.15, -0.1) is 0 Å². The number of ether oxygens (including phenoxy) is 1. The summed E-state index contributed by atoms with van der Waals surface area (Å²) >= 11 is -2.42. The molecule has 0 saturated carbocycles. The standard InChI is InChI=1S/C5H10O2.3C4H9.Sn/c1-5(3-6)4-7-2;3*1-3-4-2;/h3,6H,4H2,1-2H3;3*1,3-4H2,2H3;/q;;;;+1/p-1. The van der Waals surface area contributed by atoms with Crippen LogP contribution < -0.4 is 0 Å². The van der Waals surface area contributed by atoms with E-state index in [9.17, 15) is 0 Å². The third-order valence-corrected chi connectivity index (χ3v) is 16.4. The van der Waals surface area contributed by atoms with Gasteiger partial charge in [0.25, 0.3) is 0 Å². The molecule has 0 unspecified atom stereocenters. The van der Waals surface area contributed by atoms with Crippen LogP contribution in [0.1, 0.15) is 66.2 Å². The normalized spacial score (nSPS) is 12.8. The molecule has 0 aliphatic heterocycles. The van der Waals surface area contributed by atoms with Crippen molar-refractivity contribution in [2.45, 2.75) is 79.5 Å². The number of hydrogen-bond acceptors (Lipinski definition) is 2. The molecule has 120 valence electrons. The molecular formula is C17H36O2Sn. The van der Waals surface area contributed by atoms with Crippen LogP contribution in [-0.4, -0.2) is 32.5 Å². The number of hydrogen-bond donors (Lipinski definition) is 0. The molecule has 2 nitrogen and oxygen atoms in total. The van der Waals surface area contributed by atoms with Crippen LogP contribution in [0.5, 0.6) is 0 Å². The van der Waals surface area contributed by atoms with Crippen molar-refractivity contribution in [2.75, 3.05) is 13.7 Å². The molecule has 0 fully saturated rings. The van der Waals surface area contributed by atoms with Gasteiger partial charge in [0.1, 0.15) is 0 Å². The van der Waals surface area contributed by atoms with Crippen molar-refractivity contribution >= 4 is 18.8 Å². The predicted molar refractivity (Wildman–Crippen MR) is 91.6 cm³/mol. The third-order valence-electron chi connectivity index (χ3n) is 3.84. The Morgan fingerprint density at radius 3 is 1.70 bits per heavy atom. The average Bonchev–Trinajstić information content (AvgIpc) is 2.46. The molecular weight excluding hydrogens is 355 g/mol. The van der Waals surface area contributed by atoms with Crippen LogP contribution in [0.25, 0.3) is 0 Å². The molecule has 0 amide bonds. The summed E-state index contributed by atoms with van der Waals surface area (Å²) in [7, 11) is 1.75. The van der Waals surface area contributed by atoms with Crippen molar-refractivity contribution in [3.05, 3.63) is 11.8 Å². The van der Waals surface area contributed by atoms with Gasteiger partial charge in [0.05, 0.1) is 0 Å². The molecule has 3 heteroatoms. The van der Waals surface area contributed by atoms with Crippen LogP contribution in [0, 0.1) is 0 Å². The van der Waals surface area contributed by atoms with Crippen LogP contribution in [-0.2, 0) is 7.81 Å². The topological polar surface area (TPSA) is 18.5 Å². The number of methoxy groups -OCH3 is 1. The van der Waals surface area contributed by atoms with Gasteiger partial charge >= 0.3 is 132 Å². The van der Waals surface area contributed by atoms with Crippen molar-refractivity contribution < 1.29 is 7.81 Å². The maximum absolute atomic E-state index is 6.52. The van der Waals surface area contributed by atoms with Crippen LogP contribution in [0.15, 0.2) is 11.8 Å². The van der Waals surface area contributed by atoms with Crippen molar-refractivity contribution in [3.8, 4) is 0 Å². The van der Waals surface area contributed by atoms with Gasteiger partial charge in [0.2, 0.25) is 0 Å². The second-order valence-corrected chi connectivity index (χ2v) is 17.7. The van der Waals surface area contributed by atoms with Crippen molar-refractivity contribution in [2.24, 2.45) is 0 Å². The van der Waals surface area contributed by atoms with E-state index in [-0.39, 0.29) is 0 Å². The van der Waals surface area contributed by atoms with Crippen molar-refractivity contribution in [3.63, 3.8) is 0 Å². The van der Waals surface area contributed by atoms with Gasteiger partial charge in [-0.2, -0.15) is 0 Å². The first-order valence-electron chi connectivity index (χ1n) is 8.46. The zero-order chi connectivity index (χ0) is 15.3. The Balaban J connectivity index is 4.78. The van der Waals surface area contributed by atoms with Crippen LogP contribution in [0.3, 0.4) is 0 Å². The monoisotopic (exact) mass is 392 g/mol. The molecule has 0 aliphatic rings. The van der Waals surface area contributed by atoms with E-state index in [2.05, 4.69) is 27.7 Å². The minimum absolute atomic E-state index is 0.692. The summed E-state index contributed by atoms with van der Waals surface area (Å²) in [6.45, 7) is 9.68. The Bertz CT molecular complexity index is 230. The van der Waals surface area contributed by atoms with Crippen molar-refractivity contribution in [1.82, 2.24) is 0 Å². The first-order chi connectivity index (χ1) is 9.64. The summed E-state index contributed by atoms with van der Waals surface area (Å²) in [6.07, 6.45) is 9.96. The summed E-state index contributed by atoms with van der Waals surface area (Å²) in [5.41, 5.74) is 1.22. The first-order valence-corrected chi connectivity index (χ1v) is 15.7. The van der Waals surface area contributed by atoms with E-state index in [4.69, 9.17) is 7.81 Å². The second-order valence-electron chi connectivity index (χ2n) is 6.01. The van der Waals surface area contributed by atoms with Crippen molar-refractivity contribution in [1.29, 1.82) is 0 Å². The molecule has 0 aromatic heterocycles. The summed E-state index contributed by atoms with van der Waals surface area (Å²) in [5, 5.41) is 0. The zero-order valence-corrected chi connectivity index (χ0v) is 17.3. The van der Waals surface area contributed by atoms with E-state index in [0.717, 1.165) is 0 Å².